The fourth-order valence-electron chi connectivity index (χ4n) is 6.31. The summed E-state index contributed by atoms with van der Waals surface area (Å²) >= 11 is 0. The van der Waals surface area contributed by atoms with Crippen LogP contribution < -0.4 is 14.8 Å². The molecule has 4 aromatic carbocycles. The van der Waals surface area contributed by atoms with Crippen molar-refractivity contribution in [1.82, 2.24) is 4.57 Å². The summed E-state index contributed by atoms with van der Waals surface area (Å²) in [6.07, 6.45) is 4.95. The zero-order valence-electron chi connectivity index (χ0n) is 26.5. The van der Waals surface area contributed by atoms with Crippen molar-refractivity contribution >= 4 is 35.1 Å². The molecule has 11 heteroatoms. The van der Waals surface area contributed by atoms with Crippen LogP contribution in [0.15, 0.2) is 109 Å². The van der Waals surface area contributed by atoms with E-state index in [1.807, 2.05) is 12.2 Å². The summed E-state index contributed by atoms with van der Waals surface area (Å²) in [4.78, 5) is 62.6. The molecule has 0 fully saturated rings. The number of nitrogens with one attached hydrogen (secondary N) is 1. The van der Waals surface area contributed by atoms with E-state index in [1.165, 1.54) is 72.2 Å². The molecule has 7 rings (SSSR count). The number of ketones is 2. The average Bonchev–Trinajstić information content (AvgIpc) is 3.82. The van der Waals surface area contributed by atoms with Crippen molar-refractivity contribution in [3.8, 4) is 28.9 Å². The molecule has 2 aliphatic rings. The second-order valence-electron chi connectivity index (χ2n) is 11.9. The van der Waals surface area contributed by atoms with E-state index in [0.29, 0.717) is 16.9 Å². The number of esters is 2. The molecule has 0 aliphatic heterocycles. The fraction of sp³-hybridized carbons (Fsp3) is 0.103. The second kappa shape index (κ2) is 12.7. The molecule has 0 saturated carbocycles. The zero-order valence-corrected chi connectivity index (χ0v) is 26.5. The van der Waals surface area contributed by atoms with Gasteiger partial charge in [-0.2, -0.15) is 0 Å². The summed E-state index contributed by atoms with van der Waals surface area (Å²) in [7, 11) is 0. The molecule has 2 atom stereocenters. The number of aromatic nitrogens is 1. The van der Waals surface area contributed by atoms with Crippen LogP contribution in [-0.4, -0.2) is 44.2 Å². The number of nitrogens with zero attached hydrogens (tertiary/aromatic N) is 1. The number of aromatic hydroxyl groups is 2. The number of allylic oxidation sites excluding steroid dienone is 2. The predicted molar refractivity (Wildman–Crippen MR) is 181 cm³/mol. The van der Waals surface area contributed by atoms with Gasteiger partial charge in [0.05, 0.1) is 11.3 Å². The minimum Gasteiger partial charge on any atom is -0.494 e. The molecule has 50 heavy (non-hydrogen) atoms. The smallest absolute Gasteiger partial charge is 0.343 e. The maximum atomic E-state index is 13.0. The summed E-state index contributed by atoms with van der Waals surface area (Å²) in [5.41, 5.74) is 2.94. The van der Waals surface area contributed by atoms with Crippen LogP contribution in [0.2, 0.25) is 0 Å². The molecular formula is C39H28N2O9. The van der Waals surface area contributed by atoms with E-state index in [0.717, 1.165) is 17.5 Å². The van der Waals surface area contributed by atoms with Gasteiger partial charge in [-0.3, -0.25) is 23.7 Å². The first-order valence-corrected chi connectivity index (χ1v) is 15.6. The molecule has 248 valence electrons. The van der Waals surface area contributed by atoms with Crippen LogP contribution in [0.3, 0.4) is 0 Å². The molecule has 0 spiro atoms. The largest absolute Gasteiger partial charge is 0.494 e. The Labute approximate surface area is 285 Å². The summed E-state index contributed by atoms with van der Waals surface area (Å²) in [6.45, 7) is 1.25. The summed E-state index contributed by atoms with van der Waals surface area (Å²) in [5, 5.41) is 24.5. The van der Waals surface area contributed by atoms with Gasteiger partial charge in [0.2, 0.25) is 23.3 Å². The van der Waals surface area contributed by atoms with Gasteiger partial charge >= 0.3 is 11.9 Å². The Kier molecular flexibility index (Phi) is 8.08. The highest BCUT2D eigenvalue weighted by molar-refractivity contribution is 6.49. The van der Waals surface area contributed by atoms with Crippen LogP contribution in [0.25, 0.3) is 5.69 Å². The summed E-state index contributed by atoms with van der Waals surface area (Å²) < 4.78 is 11.8. The first-order valence-electron chi connectivity index (χ1n) is 15.6. The lowest BCUT2D eigenvalue weighted by Gasteiger charge is -2.11. The van der Waals surface area contributed by atoms with E-state index in [-0.39, 0.29) is 51.8 Å². The SMILES string of the molecule is CC(=O)Oc1ccc(C(=O)C(=O)c2cccc(C(=O)Oc3ccc(NC(=O)c4ccc(-n5c(O)c6c(c5O)C5C=CC6C5)cc4)cc3)c2)cc1. The monoisotopic (exact) mass is 668 g/mol. The summed E-state index contributed by atoms with van der Waals surface area (Å²) in [6, 6.07) is 23.7. The number of rotatable bonds is 9. The van der Waals surface area contributed by atoms with Crippen molar-refractivity contribution in [2.24, 2.45) is 0 Å². The van der Waals surface area contributed by atoms with Gasteiger partial charge in [-0.25, -0.2) is 4.79 Å². The van der Waals surface area contributed by atoms with E-state index in [4.69, 9.17) is 9.47 Å². The van der Waals surface area contributed by atoms with Crippen LogP contribution in [-0.2, 0) is 4.79 Å². The average molecular weight is 669 g/mol. The van der Waals surface area contributed by atoms with Crippen molar-refractivity contribution < 1.29 is 43.7 Å². The van der Waals surface area contributed by atoms with Crippen LogP contribution in [0.1, 0.15) is 77.7 Å². The third-order valence-corrected chi connectivity index (χ3v) is 8.68. The highest BCUT2D eigenvalue weighted by atomic mass is 16.5. The van der Waals surface area contributed by atoms with Gasteiger partial charge in [-0.1, -0.05) is 24.3 Å². The van der Waals surface area contributed by atoms with Gasteiger partial charge in [0.1, 0.15) is 11.5 Å². The minimum atomic E-state index is -0.830. The Morgan fingerprint density at radius 3 is 1.82 bits per heavy atom. The third kappa shape index (κ3) is 5.92. The molecule has 3 N–H and O–H groups in total. The van der Waals surface area contributed by atoms with Crippen molar-refractivity contribution in [1.29, 1.82) is 0 Å². The van der Waals surface area contributed by atoms with Crippen molar-refractivity contribution in [3.05, 3.63) is 143 Å². The van der Waals surface area contributed by atoms with Gasteiger partial charge in [0.15, 0.2) is 0 Å². The van der Waals surface area contributed by atoms with E-state index in [9.17, 15) is 34.2 Å². The van der Waals surface area contributed by atoms with Gasteiger partial charge in [0.25, 0.3) is 5.91 Å². The van der Waals surface area contributed by atoms with Gasteiger partial charge in [-0.05, 0) is 91.3 Å². The van der Waals surface area contributed by atoms with Gasteiger partial charge < -0.3 is 25.0 Å². The number of anilines is 1. The zero-order chi connectivity index (χ0) is 35.1. The molecule has 11 nitrogen and oxygen atoms in total. The van der Waals surface area contributed by atoms with E-state index < -0.39 is 29.4 Å². The fourth-order valence-corrected chi connectivity index (χ4v) is 6.31. The maximum Gasteiger partial charge on any atom is 0.343 e. The van der Waals surface area contributed by atoms with E-state index in [1.54, 1.807) is 36.4 Å². The highest BCUT2D eigenvalue weighted by Gasteiger charge is 2.41. The molecule has 2 bridgehead atoms. The molecule has 2 aliphatic carbocycles. The number of ether oxygens (including phenoxy) is 2. The quantitative estimate of drug-likeness (QED) is 0.0524. The minimum absolute atomic E-state index is 0.00452. The Morgan fingerprint density at radius 2 is 1.20 bits per heavy atom. The number of fused-ring (bicyclic) bond motifs is 5. The Morgan fingerprint density at radius 1 is 0.660 bits per heavy atom. The first-order chi connectivity index (χ1) is 24.1. The molecule has 0 saturated heterocycles. The number of amides is 1. The molecule has 0 radical (unpaired) electrons. The first kappa shape index (κ1) is 31.8. The van der Waals surface area contributed by atoms with E-state index >= 15 is 0 Å². The Bertz CT molecular complexity index is 2200. The molecule has 1 heterocycles. The molecule has 1 amide bonds. The van der Waals surface area contributed by atoms with Crippen LogP contribution in [0, 0.1) is 0 Å². The topological polar surface area (TPSA) is 161 Å². The predicted octanol–water partition coefficient (Wildman–Crippen LogP) is 6.49. The Hall–Kier alpha value is -6.75. The van der Waals surface area contributed by atoms with Gasteiger partial charge in [0, 0.05) is 52.3 Å². The lowest BCUT2D eigenvalue weighted by atomic mass is 10.00. The highest BCUT2D eigenvalue weighted by Crippen LogP contribution is 2.57. The van der Waals surface area contributed by atoms with E-state index in [2.05, 4.69) is 5.32 Å². The number of Topliss-reactive ketones (excluding diaryl/α,β-unsaturated/α-hetero) is 2. The number of benzene rings is 4. The lowest BCUT2D eigenvalue weighted by Crippen LogP contribution is -2.16. The molecule has 1 aromatic heterocycles. The van der Waals surface area contributed by atoms with Crippen molar-refractivity contribution in [2.75, 3.05) is 5.32 Å². The number of hydrogen-bond acceptors (Lipinski definition) is 9. The Balaban J connectivity index is 0.964. The van der Waals surface area contributed by atoms with Gasteiger partial charge in [-0.15, -0.1) is 0 Å². The van der Waals surface area contributed by atoms with Crippen molar-refractivity contribution in [2.45, 2.75) is 25.2 Å². The number of carbonyl (C=O) groups is 5. The second-order valence-corrected chi connectivity index (χ2v) is 11.9. The molecule has 2 unspecified atom stereocenters. The molecular weight excluding hydrogens is 640 g/mol. The van der Waals surface area contributed by atoms with Crippen LogP contribution in [0.5, 0.6) is 23.3 Å². The van der Waals surface area contributed by atoms with Crippen LogP contribution in [0.4, 0.5) is 5.69 Å². The standard InChI is InChI=1S/C39H28N2O9/c1-21(42)49-30-15-9-22(10-16-30)34(43)35(44)26-3-2-4-27(20-26)39(48)50-31-17-11-28(12-18-31)40-36(45)23-7-13-29(14-8-23)41-37(46)32-24-5-6-25(19-24)33(32)38(41)47/h2-18,20,24-25,46-47H,19H2,1H3,(H,40,45). The normalized spacial score (nSPS) is 15.3. The lowest BCUT2D eigenvalue weighted by molar-refractivity contribution is -0.131. The van der Waals surface area contributed by atoms with Crippen molar-refractivity contribution in [3.63, 3.8) is 0 Å². The summed E-state index contributed by atoms with van der Waals surface area (Å²) in [5.74, 6) is -2.70. The number of carbonyl (C=O) groups excluding carboxylic acids is 5. The number of hydrogen-bond donors (Lipinski definition) is 3. The third-order valence-electron chi connectivity index (χ3n) is 8.68. The van der Waals surface area contributed by atoms with Crippen LogP contribution >= 0.6 is 0 Å². The maximum absolute atomic E-state index is 13.0. The molecule has 5 aromatic rings.